The third-order valence-electron chi connectivity index (χ3n) is 16.7. The fourth-order valence-electron chi connectivity index (χ4n) is 13.4. The summed E-state index contributed by atoms with van der Waals surface area (Å²) in [5.41, 5.74) is 29.4. The molecule has 0 unspecified atom stereocenters. The first-order valence-corrected chi connectivity index (χ1v) is 27.5. The van der Waals surface area contributed by atoms with Gasteiger partial charge >= 0.3 is 0 Å². The highest BCUT2D eigenvalue weighted by molar-refractivity contribution is 7.39. The first-order valence-electron chi connectivity index (χ1n) is 26.7. The fraction of sp³-hybridized carbons (Fsp3) is 0. The third-order valence-corrected chi connectivity index (χ3v) is 18.0. The molecule has 0 bridgehead atoms. The van der Waals surface area contributed by atoms with Crippen LogP contribution in [0.1, 0.15) is 0 Å². The van der Waals surface area contributed by atoms with E-state index in [2.05, 4.69) is 287 Å². The summed E-state index contributed by atoms with van der Waals surface area (Å²) in [5, 5.41) is 0. The molecule has 17 rings (SSSR count). The van der Waals surface area contributed by atoms with Crippen LogP contribution in [0.3, 0.4) is 0 Å². The summed E-state index contributed by atoms with van der Waals surface area (Å²) in [5.74, 6) is 0. The highest BCUT2D eigenvalue weighted by Crippen LogP contribution is 2.59. The molecular formula is C70H44B2N4S. The van der Waals surface area contributed by atoms with Gasteiger partial charge in [-0.1, -0.05) is 194 Å². The Morgan fingerprint density at radius 1 is 0.234 bits per heavy atom. The van der Waals surface area contributed by atoms with Gasteiger partial charge in [0.25, 0.3) is 13.4 Å². The zero-order valence-corrected chi connectivity index (χ0v) is 42.6. The van der Waals surface area contributed by atoms with Gasteiger partial charge in [0.05, 0.1) is 22.7 Å². The number of benzene rings is 11. The fourth-order valence-corrected chi connectivity index (χ4v) is 15.0. The molecule has 0 saturated heterocycles. The Hall–Kier alpha value is -9.55. The standard InChI is InChI=1S/C70H44B2N4S/c1-7-21-45(22-8-1)49-36-38-57-56(39-49)72-66-61(73(57)53-29-15-5-16-30-53)41-51(47-25-11-3-12-26-47)44-64(66)76-59-34-20-19-33-58(59)75-63-43-52(48-27-13-4-14-28-48)42-62-65(63)71(69-67(75)68(76)70(72)77-69)55-37-35-50(46-23-9-2-10-24-46)40-60(55)74(62)54-31-17-6-18-32-54/h1-44H. The molecule has 0 N–H and O–H groups in total. The number of hydrogen-bond donors (Lipinski definition) is 0. The number of anilines is 12. The van der Waals surface area contributed by atoms with Crippen LogP contribution in [0.4, 0.5) is 68.2 Å². The molecule has 7 heteroatoms. The van der Waals surface area contributed by atoms with Crippen LogP contribution in [0, 0.1) is 0 Å². The van der Waals surface area contributed by atoms with E-state index in [4.69, 9.17) is 0 Å². The van der Waals surface area contributed by atoms with Gasteiger partial charge < -0.3 is 19.6 Å². The zero-order valence-electron chi connectivity index (χ0n) is 41.8. The van der Waals surface area contributed by atoms with E-state index >= 15 is 0 Å². The highest BCUT2D eigenvalue weighted by atomic mass is 32.1. The van der Waals surface area contributed by atoms with Crippen LogP contribution in [-0.4, -0.2) is 13.4 Å². The summed E-state index contributed by atoms with van der Waals surface area (Å²) in [6, 6.07) is 99.4. The summed E-state index contributed by atoms with van der Waals surface area (Å²) in [6.45, 7) is -0.121. The molecule has 0 radical (unpaired) electrons. The second-order valence-corrected chi connectivity index (χ2v) is 21.8. The van der Waals surface area contributed by atoms with Gasteiger partial charge in [-0.15, -0.1) is 0 Å². The van der Waals surface area contributed by atoms with Gasteiger partial charge in [-0.25, -0.2) is 0 Å². The highest BCUT2D eigenvalue weighted by Gasteiger charge is 2.54. The summed E-state index contributed by atoms with van der Waals surface area (Å²) in [4.78, 5) is 10.4. The summed E-state index contributed by atoms with van der Waals surface area (Å²) < 4.78 is 2.75. The maximum atomic E-state index is 2.67. The van der Waals surface area contributed by atoms with Gasteiger partial charge in [-0.05, 0) is 139 Å². The van der Waals surface area contributed by atoms with E-state index in [1.54, 1.807) is 0 Å². The second kappa shape index (κ2) is 16.5. The number of thiophene rings is 1. The average molecular weight is 995 g/mol. The van der Waals surface area contributed by atoms with Crippen molar-refractivity contribution in [1.29, 1.82) is 0 Å². The van der Waals surface area contributed by atoms with Crippen molar-refractivity contribution < 1.29 is 0 Å². The van der Waals surface area contributed by atoms with Crippen LogP contribution in [0.15, 0.2) is 267 Å². The lowest BCUT2D eigenvalue weighted by Gasteiger charge is -2.49. The van der Waals surface area contributed by atoms with Crippen LogP contribution < -0.4 is 51.0 Å². The Balaban J connectivity index is 1.01. The zero-order chi connectivity index (χ0) is 50.3. The minimum absolute atomic E-state index is 0.0550. The minimum atomic E-state index is -0.0655. The second-order valence-electron chi connectivity index (χ2n) is 20.8. The van der Waals surface area contributed by atoms with Crippen LogP contribution in [0.2, 0.25) is 0 Å². The van der Waals surface area contributed by atoms with E-state index in [0.29, 0.717) is 0 Å². The Labute approximate surface area is 452 Å². The van der Waals surface area contributed by atoms with Crippen molar-refractivity contribution >= 4 is 124 Å². The van der Waals surface area contributed by atoms with Crippen molar-refractivity contribution in [3.05, 3.63) is 267 Å². The van der Waals surface area contributed by atoms with Gasteiger partial charge in [-0.2, -0.15) is 11.3 Å². The van der Waals surface area contributed by atoms with Crippen molar-refractivity contribution in [3.8, 4) is 44.5 Å². The van der Waals surface area contributed by atoms with Gasteiger partial charge in [0.2, 0.25) is 0 Å². The third kappa shape index (κ3) is 6.17. The SMILES string of the molecule is c1ccc(-c2ccc3c(c2)B2c4sc5c6c4N(c4ccccc4N6c4cc(-c6ccccc6)cc6c4B5c4ccc(-c5ccccc5)cc4N6c4ccccc4)c4cc(-c5ccccc5)cc(c42)N3c2ccccc2)cc1. The van der Waals surface area contributed by atoms with Gasteiger partial charge in [-0.3, -0.25) is 0 Å². The van der Waals surface area contributed by atoms with Gasteiger partial charge in [0, 0.05) is 55.1 Å². The molecule has 6 heterocycles. The van der Waals surface area contributed by atoms with E-state index in [9.17, 15) is 0 Å². The largest absolute Gasteiger partial charge is 0.311 e. The topological polar surface area (TPSA) is 13.0 Å². The van der Waals surface area contributed by atoms with E-state index < -0.39 is 0 Å². The lowest BCUT2D eigenvalue weighted by atomic mass is 9.35. The molecule has 5 aliphatic rings. The van der Waals surface area contributed by atoms with Gasteiger partial charge in [0.1, 0.15) is 0 Å². The quantitative estimate of drug-likeness (QED) is 0.154. The van der Waals surface area contributed by atoms with E-state index in [0.717, 1.165) is 11.4 Å². The molecule has 0 atom stereocenters. The molecule has 12 aromatic rings. The predicted molar refractivity (Wildman–Crippen MR) is 328 cm³/mol. The molecule has 0 spiro atoms. The van der Waals surface area contributed by atoms with Crippen molar-refractivity contribution in [2.45, 2.75) is 0 Å². The summed E-state index contributed by atoms with van der Waals surface area (Å²) in [7, 11) is 0. The Bertz CT molecular complexity index is 4360. The van der Waals surface area contributed by atoms with Gasteiger partial charge in [0.15, 0.2) is 0 Å². The lowest BCUT2D eigenvalue weighted by molar-refractivity contribution is 1.18. The lowest BCUT2D eigenvalue weighted by Crippen LogP contribution is -2.61. The number of rotatable bonds is 6. The smallest absolute Gasteiger partial charge is 0.264 e. The first-order chi connectivity index (χ1) is 38.2. The van der Waals surface area contributed by atoms with Crippen LogP contribution in [0.5, 0.6) is 0 Å². The maximum Gasteiger partial charge on any atom is 0.264 e. The Morgan fingerprint density at radius 2 is 0.584 bits per heavy atom. The molecule has 0 amide bonds. The van der Waals surface area contributed by atoms with E-state index in [1.165, 1.54) is 133 Å². The Morgan fingerprint density at radius 3 is 1.05 bits per heavy atom. The maximum absolute atomic E-state index is 2.67. The molecule has 5 aliphatic heterocycles. The normalized spacial score (nSPS) is 13.6. The molecule has 4 nitrogen and oxygen atoms in total. The van der Waals surface area contributed by atoms with E-state index in [1.807, 2.05) is 11.3 Å². The number of hydrogen-bond acceptors (Lipinski definition) is 5. The monoisotopic (exact) mass is 994 g/mol. The predicted octanol–water partition coefficient (Wildman–Crippen LogP) is 14.9. The molecule has 11 aromatic carbocycles. The van der Waals surface area contributed by atoms with Crippen molar-refractivity contribution in [3.63, 3.8) is 0 Å². The minimum Gasteiger partial charge on any atom is -0.311 e. The molecule has 356 valence electrons. The number of nitrogens with zero attached hydrogens (tertiary/aromatic N) is 4. The molecular weight excluding hydrogens is 950 g/mol. The number of fused-ring (bicyclic) bond motifs is 11. The number of para-hydroxylation sites is 4. The first kappa shape index (κ1) is 42.8. The average Bonchev–Trinajstić information content (AvgIpc) is 4.04. The molecule has 0 fully saturated rings. The van der Waals surface area contributed by atoms with Crippen LogP contribution in [-0.2, 0) is 0 Å². The van der Waals surface area contributed by atoms with E-state index in [-0.39, 0.29) is 13.4 Å². The van der Waals surface area contributed by atoms with Crippen molar-refractivity contribution in [2.24, 2.45) is 0 Å². The summed E-state index contributed by atoms with van der Waals surface area (Å²) >= 11 is 2.04. The van der Waals surface area contributed by atoms with Crippen LogP contribution in [0.25, 0.3) is 44.5 Å². The Kier molecular flexibility index (Phi) is 9.15. The van der Waals surface area contributed by atoms with Crippen LogP contribution >= 0.6 is 11.3 Å². The van der Waals surface area contributed by atoms with Crippen molar-refractivity contribution in [1.82, 2.24) is 0 Å². The summed E-state index contributed by atoms with van der Waals surface area (Å²) in [6.07, 6.45) is 0. The molecule has 1 aromatic heterocycles. The molecule has 77 heavy (non-hydrogen) atoms. The molecule has 0 aliphatic carbocycles. The van der Waals surface area contributed by atoms with Crippen molar-refractivity contribution in [2.75, 3.05) is 19.6 Å². The molecule has 0 saturated carbocycles.